The van der Waals surface area contributed by atoms with Gasteiger partial charge < -0.3 is 20.4 Å². The first-order valence-electron chi connectivity index (χ1n) is 5.63. The zero-order valence-corrected chi connectivity index (χ0v) is 10.6. The molecular weight excluding hydrogens is 274 g/mol. The van der Waals surface area contributed by atoms with Gasteiger partial charge in [-0.1, -0.05) is 0 Å². The van der Waals surface area contributed by atoms with E-state index in [4.69, 9.17) is 20.4 Å². The van der Waals surface area contributed by atoms with Crippen LogP contribution in [0.5, 0.6) is 0 Å². The largest absolute Gasteiger partial charge is 0.480 e. The molecule has 0 aliphatic rings. The Morgan fingerprint density at radius 3 is 1.45 bits per heavy atom. The maximum absolute atomic E-state index is 10.6. The summed E-state index contributed by atoms with van der Waals surface area (Å²) in [5.41, 5.74) is 0. The fourth-order valence-electron chi connectivity index (χ4n) is 1.58. The highest BCUT2D eigenvalue weighted by molar-refractivity contribution is 5.74. The molecule has 0 heterocycles. The second-order valence-corrected chi connectivity index (χ2v) is 4.14. The standard InChI is InChI=1S/C11H15NO8/c13-8(14)3-7(4-9(15)16)1-2-12(5-10(17)18)6-11(19)20/h1-6H2,(H3-,13,14,15,16,17,18,19,20)/p+1. The zero-order chi connectivity index (χ0) is 15.7. The molecule has 9 nitrogen and oxygen atoms in total. The lowest BCUT2D eigenvalue weighted by Crippen LogP contribution is -2.36. The molecule has 9 heteroatoms. The van der Waals surface area contributed by atoms with Crippen LogP contribution in [0, 0.1) is 5.92 Å². The van der Waals surface area contributed by atoms with E-state index in [1.807, 2.05) is 0 Å². The minimum atomic E-state index is -1.22. The third-order valence-corrected chi connectivity index (χ3v) is 2.30. The first-order chi connectivity index (χ1) is 9.20. The lowest BCUT2D eigenvalue weighted by atomic mass is 9.97. The van der Waals surface area contributed by atoms with Crippen molar-refractivity contribution in [3.05, 3.63) is 5.92 Å². The third kappa shape index (κ3) is 9.71. The highest BCUT2D eigenvalue weighted by Gasteiger charge is 2.29. The molecule has 0 saturated heterocycles. The van der Waals surface area contributed by atoms with Gasteiger partial charge in [-0.2, -0.15) is 0 Å². The van der Waals surface area contributed by atoms with E-state index in [1.165, 1.54) is 0 Å². The van der Waals surface area contributed by atoms with Crippen molar-refractivity contribution in [3.8, 4) is 0 Å². The quantitative estimate of drug-likeness (QED) is 0.364. The fourth-order valence-corrected chi connectivity index (χ4v) is 1.58. The predicted octanol–water partition coefficient (Wildman–Crippen LogP) is -0.628. The third-order valence-electron chi connectivity index (χ3n) is 2.30. The number of carbonyl (C=O) groups is 4. The maximum Gasteiger partial charge on any atom is 0.349 e. The molecule has 0 aliphatic heterocycles. The minimum absolute atomic E-state index is 0.0131. The number of carboxylic acids is 4. The summed E-state index contributed by atoms with van der Waals surface area (Å²) in [7, 11) is 0. The van der Waals surface area contributed by atoms with Gasteiger partial charge in [0.2, 0.25) is 0 Å². The van der Waals surface area contributed by atoms with Crippen LogP contribution in [0.15, 0.2) is 0 Å². The van der Waals surface area contributed by atoms with Crippen LogP contribution in [0.4, 0.5) is 0 Å². The van der Waals surface area contributed by atoms with Crippen molar-refractivity contribution in [1.82, 2.24) is 4.90 Å². The van der Waals surface area contributed by atoms with E-state index in [9.17, 15) is 19.2 Å². The number of aliphatic carboxylic acids is 4. The van der Waals surface area contributed by atoms with Crippen LogP contribution in [-0.2, 0) is 19.2 Å². The first kappa shape index (κ1) is 17.7. The number of nitrogens with zero attached hydrogens (tertiary/aromatic N) is 1. The zero-order valence-electron chi connectivity index (χ0n) is 10.6. The summed E-state index contributed by atoms with van der Waals surface area (Å²) in [4.78, 5) is 43.4. The van der Waals surface area contributed by atoms with Crippen molar-refractivity contribution in [2.45, 2.75) is 19.3 Å². The summed E-state index contributed by atoms with van der Waals surface area (Å²) >= 11 is 0. The van der Waals surface area contributed by atoms with E-state index in [-0.39, 0.29) is 18.9 Å². The van der Waals surface area contributed by atoms with Crippen LogP contribution in [0.25, 0.3) is 0 Å². The number of hydrogen-bond donors (Lipinski definition) is 4. The van der Waals surface area contributed by atoms with Crippen LogP contribution in [0.3, 0.4) is 0 Å². The number of hydrogen-bond acceptors (Lipinski definition) is 5. The summed E-state index contributed by atoms with van der Waals surface area (Å²) in [6.07, 6.45) is -0.875. The van der Waals surface area contributed by atoms with Gasteiger partial charge in [0.1, 0.15) is 12.3 Å². The van der Waals surface area contributed by atoms with Gasteiger partial charge in [0.25, 0.3) is 0 Å². The molecule has 20 heavy (non-hydrogen) atoms. The number of carboxylic acid groups (broad SMARTS) is 4. The second kappa shape index (κ2) is 8.75. The summed E-state index contributed by atoms with van der Waals surface area (Å²) in [6.45, 7) is -1.06. The highest BCUT2D eigenvalue weighted by Crippen LogP contribution is 2.17. The molecule has 0 rings (SSSR count). The minimum Gasteiger partial charge on any atom is -0.480 e. The van der Waals surface area contributed by atoms with Crippen molar-refractivity contribution in [2.24, 2.45) is 0 Å². The van der Waals surface area contributed by atoms with E-state index >= 15 is 0 Å². The van der Waals surface area contributed by atoms with Crippen molar-refractivity contribution in [3.63, 3.8) is 0 Å². The maximum atomic E-state index is 10.6. The average Bonchev–Trinajstić information content (AvgIpc) is 2.22. The molecule has 0 bridgehead atoms. The lowest BCUT2D eigenvalue weighted by Gasteiger charge is -2.16. The van der Waals surface area contributed by atoms with Gasteiger partial charge in [0.15, 0.2) is 12.8 Å². The van der Waals surface area contributed by atoms with Crippen molar-refractivity contribution < 1.29 is 39.6 Å². The van der Waals surface area contributed by atoms with Gasteiger partial charge in [0, 0.05) is 6.54 Å². The van der Waals surface area contributed by atoms with Gasteiger partial charge >= 0.3 is 23.9 Å². The van der Waals surface area contributed by atoms with Crippen LogP contribution in [0.1, 0.15) is 19.3 Å². The van der Waals surface area contributed by atoms with Gasteiger partial charge in [-0.05, 0) is 0 Å². The van der Waals surface area contributed by atoms with Crippen LogP contribution >= 0.6 is 0 Å². The second-order valence-electron chi connectivity index (χ2n) is 4.14. The molecular formula is C11H16NO8+. The average molecular weight is 290 g/mol. The fraction of sp³-hybridized carbons (Fsp3) is 0.545. The SMILES string of the molecule is O=C(O)C[C+](CCN(CC(=O)O)CC(=O)O)CC(=O)O. The Bertz CT molecular complexity index is 313. The summed E-state index contributed by atoms with van der Waals surface area (Å²) in [5.74, 6) is -4.62. The molecule has 0 aliphatic carbocycles. The van der Waals surface area contributed by atoms with Crippen molar-refractivity contribution in [2.75, 3.05) is 19.6 Å². The van der Waals surface area contributed by atoms with Gasteiger partial charge in [-0.15, -0.1) is 0 Å². The van der Waals surface area contributed by atoms with E-state index in [1.54, 1.807) is 0 Å². The topological polar surface area (TPSA) is 152 Å². The smallest absolute Gasteiger partial charge is 0.349 e. The van der Waals surface area contributed by atoms with Gasteiger partial charge in [0.05, 0.1) is 13.1 Å². The Morgan fingerprint density at radius 2 is 1.15 bits per heavy atom. The molecule has 0 aromatic carbocycles. The Balaban J connectivity index is 4.49. The van der Waals surface area contributed by atoms with Crippen molar-refractivity contribution in [1.29, 1.82) is 0 Å². The summed E-state index contributed by atoms with van der Waals surface area (Å²) < 4.78 is 0. The van der Waals surface area contributed by atoms with E-state index in [0.717, 1.165) is 4.90 Å². The molecule has 0 amide bonds. The Morgan fingerprint density at radius 1 is 0.750 bits per heavy atom. The van der Waals surface area contributed by atoms with E-state index in [2.05, 4.69) is 0 Å². The molecule has 0 aromatic rings. The molecule has 0 saturated carbocycles. The van der Waals surface area contributed by atoms with Crippen LogP contribution in [-0.4, -0.2) is 68.8 Å². The first-order valence-corrected chi connectivity index (χ1v) is 5.63. The molecule has 0 aromatic heterocycles. The van der Waals surface area contributed by atoms with Crippen LogP contribution < -0.4 is 0 Å². The lowest BCUT2D eigenvalue weighted by molar-refractivity contribution is -0.143. The Kier molecular flexibility index (Phi) is 7.75. The normalized spacial score (nSPS) is 10.2. The molecule has 0 fully saturated rings. The van der Waals surface area contributed by atoms with Gasteiger partial charge in [-0.25, -0.2) is 9.59 Å². The molecule has 4 N–H and O–H groups in total. The van der Waals surface area contributed by atoms with E-state index in [0.29, 0.717) is 0 Å². The summed E-state index contributed by atoms with van der Waals surface area (Å²) in [6, 6.07) is 0. The predicted molar refractivity (Wildman–Crippen MR) is 64.1 cm³/mol. The Labute approximate surface area is 114 Å². The van der Waals surface area contributed by atoms with Gasteiger partial charge in [-0.3, -0.25) is 14.5 Å². The monoisotopic (exact) mass is 290 g/mol. The summed E-state index contributed by atoms with van der Waals surface area (Å²) in [5, 5.41) is 34.5. The van der Waals surface area contributed by atoms with Crippen molar-refractivity contribution >= 4 is 23.9 Å². The molecule has 0 radical (unpaired) electrons. The van der Waals surface area contributed by atoms with Crippen LogP contribution in [0.2, 0.25) is 0 Å². The molecule has 112 valence electrons. The highest BCUT2D eigenvalue weighted by atomic mass is 16.4. The van der Waals surface area contributed by atoms with E-state index < -0.39 is 49.8 Å². The molecule has 0 atom stereocenters. The molecule has 0 unspecified atom stereocenters. The molecule has 0 spiro atoms. The Hall–Kier alpha value is -2.29. The number of rotatable bonds is 11.